The molecule has 10 heteroatoms. The van der Waals surface area contributed by atoms with Crippen molar-refractivity contribution < 1.29 is 18.0 Å². The number of sulfonamides is 1. The number of amides is 2. The summed E-state index contributed by atoms with van der Waals surface area (Å²) in [6.07, 6.45) is 3.12. The van der Waals surface area contributed by atoms with Crippen molar-refractivity contribution >= 4 is 27.5 Å². The van der Waals surface area contributed by atoms with Crippen LogP contribution in [-0.4, -0.2) is 99.3 Å². The molecule has 0 aromatic heterocycles. The molecule has 34 heavy (non-hydrogen) atoms. The Kier molecular flexibility index (Phi) is 7.91. The predicted octanol–water partition coefficient (Wildman–Crippen LogP) is 0.893. The highest BCUT2D eigenvalue weighted by molar-refractivity contribution is 7.89. The van der Waals surface area contributed by atoms with Gasteiger partial charge in [0.2, 0.25) is 21.8 Å². The van der Waals surface area contributed by atoms with E-state index in [1.54, 1.807) is 22.5 Å². The zero-order valence-electron chi connectivity index (χ0n) is 20.3. The lowest BCUT2D eigenvalue weighted by molar-refractivity contribution is -0.125. The van der Waals surface area contributed by atoms with Gasteiger partial charge in [0, 0.05) is 71.4 Å². The molecular formula is C24H37N5O4S. The van der Waals surface area contributed by atoms with Gasteiger partial charge in [-0.05, 0) is 43.1 Å². The van der Waals surface area contributed by atoms with Crippen LogP contribution in [0.3, 0.4) is 0 Å². The summed E-state index contributed by atoms with van der Waals surface area (Å²) >= 11 is 0. The molecule has 0 radical (unpaired) electrons. The maximum Gasteiger partial charge on any atom is 0.243 e. The number of hydrogen-bond acceptors (Lipinski definition) is 6. The highest BCUT2D eigenvalue weighted by atomic mass is 32.2. The van der Waals surface area contributed by atoms with Gasteiger partial charge in [-0.25, -0.2) is 8.42 Å². The molecule has 9 nitrogen and oxygen atoms in total. The second-order valence-electron chi connectivity index (χ2n) is 9.43. The summed E-state index contributed by atoms with van der Waals surface area (Å²) in [5, 5.41) is 3.00. The van der Waals surface area contributed by atoms with E-state index >= 15 is 0 Å². The Bertz CT molecular complexity index is 1000. The van der Waals surface area contributed by atoms with Crippen LogP contribution in [0.1, 0.15) is 38.7 Å². The molecule has 0 unspecified atom stereocenters. The molecule has 3 heterocycles. The standard InChI is InChI=1S/C24H37N5O4S/c1-3-26-13-15-27(16-14-26)12-9-25-24(31)23-18-20-17-21(7-8-22(20)29(23)19(2)30)34(32,33)28-10-5-4-6-11-28/h7-8,17,23H,3-6,9-16,18H2,1-2H3,(H,25,31)/t23-/m0/s1. The largest absolute Gasteiger partial charge is 0.353 e. The van der Waals surface area contributed by atoms with Crippen molar-refractivity contribution in [1.82, 2.24) is 19.4 Å². The summed E-state index contributed by atoms with van der Waals surface area (Å²) in [6, 6.07) is 4.23. The average molecular weight is 492 g/mol. The fourth-order valence-corrected chi connectivity index (χ4v) is 6.79. The van der Waals surface area contributed by atoms with Crippen LogP contribution >= 0.6 is 0 Å². The molecule has 2 amide bonds. The van der Waals surface area contributed by atoms with Gasteiger partial charge in [0.15, 0.2) is 0 Å². The number of hydrogen-bond donors (Lipinski definition) is 1. The molecule has 1 N–H and O–H groups in total. The number of anilines is 1. The van der Waals surface area contributed by atoms with Gasteiger partial charge in [0.1, 0.15) is 6.04 Å². The van der Waals surface area contributed by atoms with Crippen molar-refractivity contribution in [1.29, 1.82) is 0 Å². The number of nitrogens with one attached hydrogen (secondary N) is 1. The van der Waals surface area contributed by atoms with Crippen molar-refractivity contribution in [2.24, 2.45) is 0 Å². The van der Waals surface area contributed by atoms with E-state index in [1.165, 1.54) is 11.8 Å². The van der Waals surface area contributed by atoms with Crippen LogP contribution in [-0.2, 0) is 26.0 Å². The van der Waals surface area contributed by atoms with E-state index in [0.717, 1.165) is 64.1 Å². The van der Waals surface area contributed by atoms with Crippen molar-refractivity contribution in [3.8, 4) is 0 Å². The molecule has 2 fully saturated rings. The summed E-state index contributed by atoms with van der Waals surface area (Å²) in [7, 11) is -3.57. The second-order valence-corrected chi connectivity index (χ2v) is 11.4. The molecule has 1 aromatic carbocycles. The average Bonchev–Trinajstić information content (AvgIpc) is 3.24. The number of piperazine rings is 1. The molecule has 0 spiro atoms. The molecule has 1 atom stereocenters. The van der Waals surface area contributed by atoms with Crippen molar-refractivity contribution in [2.45, 2.75) is 50.5 Å². The predicted molar refractivity (Wildman–Crippen MR) is 131 cm³/mol. The molecule has 0 saturated carbocycles. The van der Waals surface area contributed by atoms with Gasteiger partial charge in [0.05, 0.1) is 4.90 Å². The first-order valence-electron chi connectivity index (χ1n) is 12.5. The Balaban J connectivity index is 1.41. The van der Waals surface area contributed by atoms with E-state index in [2.05, 4.69) is 22.0 Å². The summed E-state index contributed by atoms with van der Waals surface area (Å²) in [6.45, 7) is 11.1. The Hall–Kier alpha value is -2.01. The molecule has 2 saturated heterocycles. The third kappa shape index (κ3) is 5.30. The van der Waals surface area contributed by atoms with Crippen LogP contribution < -0.4 is 10.2 Å². The fourth-order valence-electron chi connectivity index (χ4n) is 5.23. The zero-order chi connectivity index (χ0) is 24.3. The van der Waals surface area contributed by atoms with Crippen LogP contribution in [0.25, 0.3) is 0 Å². The molecule has 4 rings (SSSR count). The smallest absolute Gasteiger partial charge is 0.243 e. The van der Waals surface area contributed by atoms with Crippen LogP contribution in [0, 0.1) is 0 Å². The van der Waals surface area contributed by atoms with Crippen LogP contribution in [0.4, 0.5) is 5.69 Å². The highest BCUT2D eigenvalue weighted by Crippen LogP contribution is 2.35. The van der Waals surface area contributed by atoms with Gasteiger partial charge < -0.3 is 10.2 Å². The van der Waals surface area contributed by atoms with E-state index in [9.17, 15) is 18.0 Å². The lowest BCUT2D eigenvalue weighted by Gasteiger charge is -2.34. The number of fused-ring (bicyclic) bond motifs is 1. The summed E-state index contributed by atoms with van der Waals surface area (Å²) in [4.78, 5) is 32.0. The van der Waals surface area contributed by atoms with Crippen LogP contribution in [0.15, 0.2) is 23.1 Å². The molecular weight excluding hydrogens is 454 g/mol. The van der Waals surface area contributed by atoms with Crippen LogP contribution in [0.5, 0.6) is 0 Å². The maximum absolute atomic E-state index is 13.1. The third-order valence-corrected chi connectivity index (χ3v) is 9.16. The Morgan fingerprint density at radius 2 is 1.68 bits per heavy atom. The maximum atomic E-state index is 13.1. The first kappa shape index (κ1) is 25.1. The normalized spacial score (nSPS) is 22.5. The van der Waals surface area contributed by atoms with E-state index < -0.39 is 16.1 Å². The lowest BCUT2D eigenvalue weighted by atomic mass is 10.1. The Labute approximate surface area is 203 Å². The molecule has 3 aliphatic rings. The fraction of sp³-hybridized carbons (Fsp3) is 0.667. The molecule has 188 valence electrons. The minimum absolute atomic E-state index is 0.195. The summed E-state index contributed by atoms with van der Waals surface area (Å²) < 4.78 is 27.8. The monoisotopic (exact) mass is 491 g/mol. The first-order valence-corrected chi connectivity index (χ1v) is 13.9. The minimum Gasteiger partial charge on any atom is -0.353 e. The molecule has 3 aliphatic heterocycles. The van der Waals surface area contributed by atoms with Gasteiger partial charge in [-0.15, -0.1) is 0 Å². The first-order chi connectivity index (χ1) is 16.3. The molecule has 1 aromatic rings. The summed E-state index contributed by atoms with van der Waals surface area (Å²) in [5.74, 6) is -0.416. The summed E-state index contributed by atoms with van der Waals surface area (Å²) in [5.41, 5.74) is 1.35. The van der Waals surface area contributed by atoms with Crippen molar-refractivity contribution in [3.63, 3.8) is 0 Å². The number of benzene rings is 1. The van der Waals surface area contributed by atoms with E-state index in [0.29, 0.717) is 31.7 Å². The SMILES string of the molecule is CCN1CCN(CCNC(=O)[C@@H]2Cc3cc(S(=O)(=O)N4CCCCC4)ccc3N2C(C)=O)CC1. The molecule has 0 bridgehead atoms. The minimum atomic E-state index is -3.57. The number of nitrogens with zero attached hydrogens (tertiary/aromatic N) is 4. The quantitative estimate of drug-likeness (QED) is 0.609. The molecule has 0 aliphatic carbocycles. The Morgan fingerprint density at radius 1 is 1.00 bits per heavy atom. The van der Waals surface area contributed by atoms with Crippen molar-refractivity contribution in [2.75, 3.05) is 63.8 Å². The number of likely N-dealkylation sites (N-methyl/N-ethyl adjacent to an activating group) is 1. The van der Waals surface area contributed by atoms with Gasteiger partial charge in [0.25, 0.3) is 0 Å². The van der Waals surface area contributed by atoms with Gasteiger partial charge >= 0.3 is 0 Å². The zero-order valence-corrected chi connectivity index (χ0v) is 21.1. The second kappa shape index (κ2) is 10.7. The van der Waals surface area contributed by atoms with Gasteiger partial charge in [-0.3, -0.25) is 19.4 Å². The van der Waals surface area contributed by atoms with Crippen molar-refractivity contribution in [3.05, 3.63) is 23.8 Å². The number of rotatable bonds is 7. The van der Waals surface area contributed by atoms with E-state index in [4.69, 9.17) is 0 Å². The van der Waals surface area contributed by atoms with E-state index in [1.807, 2.05) is 0 Å². The van der Waals surface area contributed by atoms with E-state index in [-0.39, 0.29) is 16.7 Å². The highest BCUT2D eigenvalue weighted by Gasteiger charge is 2.38. The topological polar surface area (TPSA) is 93.3 Å². The number of carbonyl (C=O) groups excluding carboxylic acids is 2. The van der Waals surface area contributed by atoms with Crippen LogP contribution in [0.2, 0.25) is 0 Å². The third-order valence-electron chi connectivity index (χ3n) is 7.27. The number of piperidine rings is 1. The Morgan fingerprint density at radius 3 is 2.32 bits per heavy atom. The van der Waals surface area contributed by atoms with Gasteiger partial charge in [-0.1, -0.05) is 13.3 Å². The number of carbonyl (C=O) groups is 2. The lowest BCUT2D eigenvalue weighted by Crippen LogP contribution is -2.51. The van der Waals surface area contributed by atoms with Gasteiger partial charge in [-0.2, -0.15) is 4.31 Å².